The summed E-state index contributed by atoms with van der Waals surface area (Å²) in [5.74, 6) is 1.93. The average molecular weight is 316 g/mol. The third kappa shape index (κ3) is 6.09. The van der Waals surface area contributed by atoms with Crippen molar-refractivity contribution < 1.29 is 14.3 Å². The first-order chi connectivity index (χ1) is 11.1. The van der Waals surface area contributed by atoms with Crippen molar-refractivity contribution in [3.05, 3.63) is 42.0 Å². The highest BCUT2D eigenvalue weighted by Gasteiger charge is 2.20. The number of hydrogen-bond donors (Lipinski definition) is 0. The Morgan fingerprint density at radius 2 is 2.00 bits per heavy atom. The highest BCUT2D eigenvalue weighted by Crippen LogP contribution is 2.34. The summed E-state index contributed by atoms with van der Waals surface area (Å²) in [6.07, 6.45) is 6.00. The van der Waals surface area contributed by atoms with Crippen LogP contribution in [-0.4, -0.2) is 19.2 Å². The maximum Gasteiger partial charge on any atom is 0.344 e. The lowest BCUT2D eigenvalue weighted by Gasteiger charge is -2.28. The van der Waals surface area contributed by atoms with Crippen LogP contribution in [0.4, 0.5) is 0 Å². The van der Waals surface area contributed by atoms with Crippen molar-refractivity contribution in [2.45, 2.75) is 46.0 Å². The van der Waals surface area contributed by atoms with E-state index in [9.17, 15) is 4.79 Å². The van der Waals surface area contributed by atoms with E-state index in [2.05, 4.69) is 25.6 Å². The van der Waals surface area contributed by atoms with Gasteiger partial charge in [-0.05, 0) is 68.6 Å². The maximum absolute atomic E-state index is 11.3. The minimum atomic E-state index is -0.330. The van der Waals surface area contributed by atoms with Crippen molar-refractivity contribution in [3.63, 3.8) is 0 Å². The Hall–Kier alpha value is -1.77. The molecule has 2 unspecified atom stereocenters. The third-order valence-corrected chi connectivity index (χ3v) is 4.38. The van der Waals surface area contributed by atoms with Gasteiger partial charge in [-0.15, -0.1) is 0 Å². The molecule has 0 bridgehead atoms. The van der Waals surface area contributed by atoms with E-state index >= 15 is 0 Å². The van der Waals surface area contributed by atoms with E-state index in [1.807, 2.05) is 12.1 Å². The van der Waals surface area contributed by atoms with Crippen molar-refractivity contribution in [2.24, 2.45) is 11.8 Å². The van der Waals surface area contributed by atoms with Crippen LogP contribution >= 0.6 is 0 Å². The monoisotopic (exact) mass is 316 g/mol. The fourth-order valence-electron chi connectivity index (χ4n) is 3.41. The predicted octanol–water partition coefficient (Wildman–Crippen LogP) is 4.55. The smallest absolute Gasteiger partial charge is 0.344 e. The number of carbonyl (C=O) groups is 1. The molecule has 0 aliphatic heterocycles. The summed E-state index contributed by atoms with van der Waals surface area (Å²) in [7, 11) is 0. The van der Waals surface area contributed by atoms with E-state index in [1.165, 1.54) is 36.8 Å². The fraction of sp³-hybridized carbons (Fsp3) is 0.550. The van der Waals surface area contributed by atoms with Crippen LogP contribution in [0, 0.1) is 11.8 Å². The first kappa shape index (κ1) is 17.6. The molecule has 2 atom stereocenters. The number of rotatable bonds is 7. The third-order valence-electron chi connectivity index (χ3n) is 4.38. The van der Waals surface area contributed by atoms with Gasteiger partial charge in [0.1, 0.15) is 5.75 Å². The van der Waals surface area contributed by atoms with Gasteiger partial charge in [-0.1, -0.05) is 31.2 Å². The topological polar surface area (TPSA) is 35.5 Å². The molecule has 0 aromatic heterocycles. The number of benzene rings is 1. The van der Waals surface area contributed by atoms with Gasteiger partial charge in [0.15, 0.2) is 6.61 Å². The molecule has 2 rings (SSSR count). The molecule has 1 aliphatic carbocycles. The van der Waals surface area contributed by atoms with E-state index in [0.29, 0.717) is 12.4 Å². The molecule has 1 fully saturated rings. The summed E-state index contributed by atoms with van der Waals surface area (Å²) >= 11 is 0. The lowest BCUT2D eigenvalue weighted by molar-refractivity contribution is -0.145. The highest BCUT2D eigenvalue weighted by atomic mass is 16.6. The Morgan fingerprint density at radius 1 is 1.26 bits per heavy atom. The largest absolute Gasteiger partial charge is 0.482 e. The van der Waals surface area contributed by atoms with Gasteiger partial charge < -0.3 is 9.47 Å². The average Bonchev–Trinajstić information content (AvgIpc) is 2.51. The molecule has 3 heteroatoms. The molecule has 1 aromatic rings. The lowest BCUT2D eigenvalue weighted by atomic mass is 9.77. The molecular weight excluding hydrogens is 288 g/mol. The Labute approximate surface area is 139 Å². The van der Waals surface area contributed by atoms with E-state index < -0.39 is 0 Å². The van der Waals surface area contributed by atoms with Gasteiger partial charge >= 0.3 is 5.97 Å². The first-order valence-electron chi connectivity index (χ1n) is 8.60. The van der Waals surface area contributed by atoms with Crippen LogP contribution < -0.4 is 4.74 Å². The number of ether oxygens (including phenoxy) is 2. The molecule has 126 valence electrons. The Balaban J connectivity index is 1.76. The zero-order chi connectivity index (χ0) is 16.7. The van der Waals surface area contributed by atoms with Gasteiger partial charge in [0, 0.05) is 0 Å². The molecule has 0 saturated heterocycles. The van der Waals surface area contributed by atoms with Gasteiger partial charge in [-0.3, -0.25) is 0 Å². The first-order valence-corrected chi connectivity index (χ1v) is 8.60. The number of carbonyl (C=O) groups excluding carboxylic acids is 1. The summed E-state index contributed by atoms with van der Waals surface area (Å²) in [4.78, 5) is 11.3. The lowest BCUT2D eigenvalue weighted by Crippen LogP contribution is -2.15. The summed E-state index contributed by atoms with van der Waals surface area (Å²) in [5.41, 5.74) is 2.73. The van der Waals surface area contributed by atoms with Crippen molar-refractivity contribution in [1.29, 1.82) is 0 Å². The van der Waals surface area contributed by atoms with Crippen molar-refractivity contribution in [1.82, 2.24) is 0 Å². The number of allylic oxidation sites excluding steroid dienone is 1. The number of aryl methyl sites for hydroxylation is 1. The predicted molar refractivity (Wildman–Crippen MR) is 92.5 cm³/mol. The minimum absolute atomic E-state index is 0.0325. The van der Waals surface area contributed by atoms with E-state index in [0.717, 1.165) is 18.3 Å². The Kier molecular flexibility index (Phi) is 6.69. The standard InChI is InChI=1S/C20H28O3/c1-4-22-20(21)14-23-19-9-7-17(8-10-19)5-6-18-12-15(2)11-16(3)13-18/h7-10,16,18H,2,4-6,11-14H2,1,3H3. The SMILES string of the molecule is C=C1CC(C)CC(CCc2ccc(OCC(=O)OCC)cc2)C1. The summed E-state index contributed by atoms with van der Waals surface area (Å²) in [6.45, 7) is 8.64. The second-order valence-corrected chi connectivity index (χ2v) is 6.64. The summed E-state index contributed by atoms with van der Waals surface area (Å²) < 4.78 is 10.3. The van der Waals surface area contributed by atoms with Crippen LogP contribution in [0.3, 0.4) is 0 Å². The van der Waals surface area contributed by atoms with Crippen LogP contribution in [0.5, 0.6) is 5.75 Å². The minimum Gasteiger partial charge on any atom is -0.482 e. The Morgan fingerprint density at radius 3 is 2.65 bits per heavy atom. The zero-order valence-corrected chi connectivity index (χ0v) is 14.3. The maximum atomic E-state index is 11.3. The fourth-order valence-corrected chi connectivity index (χ4v) is 3.41. The number of esters is 1. The molecule has 0 amide bonds. The second-order valence-electron chi connectivity index (χ2n) is 6.64. The summed E-state index contributed by atoms with van der Waals surface area (Å²) in [6, 6.07) is 8.02. The van der Waals surface area contributed by atoms with Crippen LogP contribution in [0.15, 0.2) is 36.4 Å². The summed E-state index contributed by atoms with van der Waals surface area (Å²) in [5, 5.41) is 0. The second kappa shape index (κ2) is 8.76. The molecular formula is C20H28O3. The van der Waals surface area contributed by atoms with Gasteiger partial charge in [0.2, 0.25) is 0 Å². The van der Waals surface area contributed by atoms with Crippen molar-refractivity contribution in [3.8, 4) is 5.75 Å². The van der Waals surface area contributed by atoms with Crippen molar-refractivity contribution >= 4 is 5.97 Å². The molecule has 0 spiro atoms. The van der Waals surface area contributed by atoms with Crippen LogP contribution in [0.2, 0.25) is 0 Å². The molecule has 0 heterocycles. The molecule has 1 aliphatic rings. The number of hydrogen-bond acceptors (Lipinski definition) is 3. The van der Waals surface area contributed by atoms with Gasteiger partial charge in [-0.2, -0.15) is 0 Å². The molecule has 1 saturated carbocycles. The molecule has 3 nitrogen and oxygen atoms in total. The molecule has 0 N–H and O–H groups in total. The van der Waals surface area contributed by atoms with E-state index in [1.54, 1.807) is 6.92 Å². The molecule has 23 heavy (non-hydrogen) atoms. The van der Waals surface area contributed by atoms with Crippen LogP contribution in [-0.2, 0) is 16.0 Å². The normalized spacial score (nSPS) is 21.0. The zero-order valence-electron chi connectivity index (χ0n) is 14.3. The molecule has 0 radical (unpaired) electrons. The highest BCUT2D eigenvalue weighted by molar-refractivity contribution is 5.71. The van der Waals surface area contributed by atoms with Crippen molar-refractivity contribution in [2.75, 3.05) is 13.2 Å². The van der Waals surface area contributed by atoms with Crippen LogP contribution in [0.1, 0.15) is 45.1 Å². The van der Waals surface area contributed by atoms with Crippen LogP contribution in [0.25, 0.3) is 0 Å². The van der Waals surface area contributed by atoms with E-state index in [4.69, 9.17) is 9.47 Å². The van der Waals surface area contributed by atoms with Gasteiger partial charge in [0.25, 0.3) is 0 Å². The van der Waals surface area contributed by atoms with Gasteiger partial charge in [-0.25, -0.2) is 4.79 Å². The van der Waals surface area contributed by atoms with E-state index in [-0.39, 0.29) is 12.6 Å². The molecule has 1 aromatic carbocycles. The Bertz CT molecular complexity index is 518. The van der Waals surface area contributed by atoms with Gasteiger partial charge in [0.05, 0.1) is 6.61 Å². The quantitative estimate of drug-likeness (QED) is 0.547.